The van der Waals surface area contributed by atoms with Crippen LogP contribution in [0.5, 0.6) is 0 Å². The lowest BCUT2D eigenvalue weighted by Crippen LogP contribution is -2.42. The van der Waals surface area contributed by atoms with E-state index in [9.17, 15) is 4.79 Å². The highest BCUT2D eigenvalue weighted by molar-refractivity contribution is 5.79. The van der Waals surface area contributed by atoms with Crippen LogP contribution in [0.3, 0.4) is 0 Å². The highest BCUT2D eigenvalue weighted by Crippen LogP contribution is 2.06. The van der Waals surface area contributed by atoms with Gasteiger partial charge in [-0.25, -0.2) is 0 Å². The summed E-state index contributed by atoms with van der Waals surface area (Å²) in [5.74, 6) is 0.0393. The van der Waals surface area contributed by atoms with E-state index in [0.717, 1.165) is 0 Å². The molecule has 1 amide bonds. The van der Waals surface area contributed by atoms with Crippen molar-refractivity contribution in [1.29, 1.82) is 0 Å². The standard InChI is InChI=1S/C9H20N2O/c1-6(2)11(5)9(12)7(3)8(4)10/h6-8H,10H2,1-5H3. The van der Waals surface area contributed by atoms with Gasteiger partial charge in [0.15, 0.2) is 0 Å². The van der Waals surface area contributed by atoms with Crippen LogP contribution in [-0.2, 0) is 4.79 Å². The molecule has 0 fully saturated rings. The molecule has 72 valence electrons. The fourth-order valence-electron chi connectivity index (χ4n) is 0.801. The predicted molar refractivity (Wildman–Crippen MR) is 50.7 cm³/mol. The molecule has 0 heterocycles. The van der Waals surface area contributed by atoms with Crippen molar-refractivity contribution in [2.75, 3.05) is 7.05 Å². The first kappa shape index (κ1) is 11.4. The number of hydrogen-bond donors (Lipinski definition) is 1. The Morgan fingerprint density at radius 2 is 1.67 bits per heavy atom. The quantitative estimate of drug-likeness (QED) is 0.685. The molecule has 0 saturated heterocycles. The molecule has 0 aliphatic heterocycles. The van der Waals surface area contributed by atoms with Gasteiger partial charge in [0.2, 0.25) is 5.91 Å². The van der Waals surface area contributed by atoms with Crippen LogP contribution in [-0.4, -0.2) is 29.9 Å². The maximum absolute atomic E-state index is 11.6. The third kappa shape index (κ3) is 2.81. The fourth-order valence-corrected chi connectivity index (χ4v) is 0.801. The van der Waals surface area contributed by atoms with E-state index < -0.39 is 0 Å². The molecule has 0 radical (unpaired) electrons. The average molecular weight is 172 g/mol. The molecule has 0 aromatic heterocycles. The van der Waals surface area contributed by atoms with Gasteiger partial charge in [-0.1, -0.05) is 6.92 Å². The summed E-state index contributed by atoms with van der Waals surface area (Å²) in [5.41, 5.74) is 5.63. The van der Waals surface area contributed by atoms with Crippen molar-refractivity contribution in [1.82, 2.24) is 4.90 Å². The summed E-state index contributed by atoms with van der Waals surface area (Å²) >= 11 is 0. The van der Waals surface area contributed by atoms with Crippen LogP contribution < -0.4 is 5.73 Å². The van der Waals surface area contributed by atoms with Gasteiger partial charge in [-0.15, -0.1) is 0 Å². The molecule has 0 aliphatic rings. The summed E-state index contributed by atoms with van der Waals surface area (Å²) in [7, 11) is 1.81. The van der Waals surface area contributed by atoms with E-state index >= 15 is 0 Å². The fraction of sp³-hybridized carbons (Fsp3) is 0.889. The van der Waals surface area contributed by atoms with Crippen molar-refractivity contribution >= 4 is 5.91 Å². The SMILES string of the molecule is CC(N)C(C)C(=O)N(C)C(C)C. The zero-order valence-corrected chi connectivity index (χ0v) is 8.66. The molecule has 12 heavy (non-hydrogen) atoms. The van der Waals surface area contributed by atoms with Crippen LogP contribution in [0.4, 0.5) is 0 Å². The zero-order valence-electron chi connectivity index (χ0n) is 8.66. The van der Waals surface area contributed by atoms with Crippen molar-refractivity contribution in [3.05, 3.63) is 0 Å². The Kier molecular flexibility index (Phi) is 4.24. The molecule has 2 unspecified atom stereocenters. The molecule has 0 rings (SSSR count). The van der Waals surface area contributed by atoms with Crippen molar-refractivity contribution in [2.24, 2.45) is 11.7 Å². The first-order valence-corrected chi connectivity index (χ1v) is 4.40. The maximum atomic E-state index is 11.6. The van der Waals surface area contributed by atoms with E-state index in [2.05, 4.69) is 0 Å². The molecule has 0 spiro atoms. The van der Waals surface area contributed by atoms with Gasteiger partial charge in [-0.3, -0.25) is 4.79 Å². The second kappa shape index (κ2) is 4.45. The molecule has 0 bridgehead atoms. The summed E-state index contributed by atoms with van der Waals surface area (Å²) in [6.45, 7) is 7.71. The van der Waals surface area contributed by atoms with Gasteiger partial charge >= 0.3 is 0 Å². The molecular weight excluding hydrogens is 152 g/mol. The van der Waals surface area contributed by atoms with Crippen LogP contribution in [0.15, 0.2) is 0 Å². The molecule has 0 saturated carbocycles. The minimum Gasteiger partial charge on any atom is -0.343 e. The summed E-state index contributed by atoms with van der Waals surface area (Å²) in [6, 6.07) is 0.178. The molecule has 3 heteroatoms. The van der Waals surface area contributed by atoms with Crippen molar-refractivity contribution < 1.29 is 4.79 Å². The zero-order chi connectivity index (χ0) is 9.89. The number of carbonyl (C=O) groups excluding carboxylic acids is 1. The minimum atomic E-state index is -0.0857. The lowest BCUT2D eigenvalue weighted by atomic mass is 10.0. The van der Waals surface area contributed by atoms with Crippen molar-refractivity contribution in [2.45, 2.75) is 39.8 Å². The first-order chi connectivity index (χ1) is 5.37. The third-order valence-corrected chi connectivity index (χ3v) is 2.30. The van der Waals surface area contributed by atoms with E-state index in [1.165, 1.54) is 0 Å². The number of carbonyl (C=O) groups is 1. The second-order valence-corrected chi connectivity index (χ2v) is 3.69. The van der Waals surface area contributed by atoms with E-state index in [-0.39, 0.29) is 23.9 Å². The Balaban J connectivity index is 4.19. The lowest BCUT2D eigenvalue weighted by molar-refractivity contribution is -0.135. The Hall–Kier alpha value is -0.570. The average Bonchev–Trinajstić information content (AvgIpc) is 2.00. The highest BCUT2D eigenvalue weighted by Gasteiger charge is 2.21. The summed E-state index contributed by atoms with van der Waals surface area (Å²) in [5, 5.41) is 0. The van der Waals surface area contributed by atoms with E-state index in [1.54, 1.807) is 4.90 Å². The Morgan fingerprint density at radius 1 is 1.25 bits per heavy atom. The predicted octanol–water partition coefficient (Wildman–Crippen LogP) is 0.836. The van der Waals surface area contributed by atoms with Crippen LogP contribution in [0.25, 0.3) is 0 Å². The van der Waals surface area contributed by atoms with Crippen LogP contribution in [0.2, 0.25) is 0 Å². The summed E-state index contributed by atoms with van der Waals surface area (Å²) in [4.78, 5) is 13.3. The molecule has 0 aliphatic carbocycles. The minimum absolute atomic E-state index is 0.0706. The summed E-state index contributed by atoms with van der Waals surface area (Å²) in [6.07, 6.45) is 0. The van der Waals surface area contributed by atoms with E-state index in [0.29, 0.717) is 0 Å². The van der Waals surface area contributed by atoms with Crippen molar-refractivity contribution in [3.63, 3.8) is 0 Å². The molecule has 0 aromatic carbocycles. The largest absolute Gasteiger partial charge is 0.343 e. The maximum Gasteiger partial charge on any atom is 0.226 e. The number of nitrogens with two attached hydrogens (primary N) is 1. The Labute approximate surface area is 74.9 Å². The lowest BCUT2D eigenvalue weighted by Gasteiger charge is -2.26. The highest BCUT2D eigenvalue weighted by atomic mass is 16.2. The number of rotatable bonds is 3. The van der Waals surface area contributed by atoms with Gasteiger partial charge in [0, 0.05) is 19.1 Å². The first-order valence-electron chi connectivity index (χ1n) is 4.40. The van der Waals surface area contributed by atoms with Crippen molar-refractivity contribution in [3.8, 4) is 0 Å². The van der Waals surface area contributed by atoms with Gasteiger partial charge in [-0.05, 0) is 20.8 Å². The molecular formula is C9H20N2O. The molecule has 3 nitrogen and oxygen atoms in total. The van der Waals surface area contributed by atoms with E-state index in [4.69, 9.17) is 5.73 Å². The van der Waals surface area contributed by atoms with Gasteiger partial charge < -0.3 is 10.6 Å². The van der Waals surface area contributed by atoms with E-state index in [1.807, 2.05) is 34.7 Å². The topological polar surface area (TPSA) is 46.3 Å². The smallest absolute Gasteiger partial charge is 0.226 e. The third-order valence-electron chi connectivity index (χ3n) is 2.30. The van der Waals surface area contributed by atoms with Crippen LogP contribution in [0.1, 0.15) is 27.7 Å². The number of amides is 1. The van der Waals surface area contributed by atoms with Crippen LogP contribution in [0, 0.1) is 5.92 Å². The second-order valence-electron chi connectivity index (χ2n) is 3.69. The van der Waals surface area contributed by atoms with Gasteiger partial charge in [0.1, 0.15) is 0 Å². The van der Waals surface area contributed by atoms with Crippen LogP contribution >= 0.6 is 0 Å². The molecule has 2 N–H and O–H groups in total. The number of nitrogens with zero attached hydrogens (tertiary/aromatic N) is 1. The van der Waals surface area contributed by atoms with Gasteiger partial charge in [-0.2, -0.15) is 0 Å². The van der Waals surface area contributed by atoms with Gasteiger partial charge in [0.05, 0.1) is 5.92 Å². The van der Waals surface area contributed by atoms with Gasteiger partial charge in [0.25, 0.3) is 0 Å². The monoisotopic (exact) mass is 172 g/mol. The molecule has 2 atom stereocenters. The normalized spacial score (nSPS) is 15.9. The Bertz CT molecular complexity index is 139. The summed E-state index contributed by atoms with van der Waals surface area (Å²) < 4.78 is 0. The molecule has 0 aromatic rings. The number of hydrogen-bond acceptors (Lipinski definition) is 2. The Morgan fingerprint density at radius 3 is 1.92 bits per heavy atom.